The second-order valence-corrected chi connectivity index (χ2v) is 4.05. The van der Waals surface area contributed by atoms with Gasteiger partial charge >= 0.3 is 5.97 Å². The predicted octanol–water partition coefficient (Wildman–Crippen LogP) is 2.82. The van der Waals surface area contributed by atoms with Crippen LogP contribution in [0.4, 0.5) is 0 Å². The molecule has 4 heteroatoms. The summed E-state index contributed by atoms with van der Waals surface area (Å²) in [4.78, 5) is 14.8. The molecule has 2 rings (SSSR count). The lowest BCUT2D eigenvalue weighted by Gasteiger charge is -2.03. The molecule has 0 saturated carbocycles. The molecule has 0 atom stereocenters. The summed E-state index contributed by atoms with van der Waals surface area (Å²) >= 11 is 5.91. The maximum Gasteiger partial charge on any atom is 0.307 e. The number of aromatic nitrogens is 1. The van der Waals surface area contributed by atoms with Crippen LogP contribution in [-0.4, -0.2) is 16.1 Å². The molecule has 1 aromatic carbocycles. The number of carboxylic acid groups (broad SMARTS) is 1. The average molecular weight is 236 g/mol. The summed E-state index contributed by atoms with van der Waals surface area (Å²) in [6.07, 6.45) is 0.0254. The number of carboxylic acids is 1. The van der Waals surface area contributed by atoms with E-state index in [4.69, 9.17) is 16.7 Å². The van der Waals surface area contributed by atoms with E-state index in [1.54, 1.807) is 12.1 Å². The molecular weight excluding hydrogens is 226 g/mol. The molecule has 1 aromatic heterocycles. The van der Waals surface area contributed by atoms with Crippen LogP contribution < -0.4 is 0 Å². The highest BCUT2D eigenvalue weighted by Gasteiger charge is 2.04. The summed E-state index contributed by atoms with van der Waals surface area (Å²) in [7, 11) is 0. The van der Waals surface area contributed by atoms with E-state index < -0.39 is 5.97 Å². The van der Waals surface area contributed by atoms with Crippen LogP contribution in [0.15, 0.2) is 24.3 Å². The largest absolute Gasteiger partial charge is 0.481 e. The third-order valence-corrected chi connectivity index (χ3v) is 2.75. The topological polar surface area (TPSA) is 50.2 Å². The van der Waals surface area contributed by atoms with Crippen molar-refractivity contribution in [1.82, 2.24) is 4.98 Å². The van der Waals surface area contributed by atoms with Crippen molar-refractivity contribution in [2.24, 2.45) is 0 Å². The van der Waals surface area contributed by atoms with Crippen LogP contribution in [0.2, 0.25) is 5.15 Å². The van der Waals surface area contributed by atoms with E-state index >= 15 is 0 Å². The van der Waals surface area contributed by atoms with Crippen molar-refractivity contribution in [1.29, 1.82) is 0 Å². The first-order chi connectivity index (χ1) is 7.56. The second kappa shape index (κ2) is 4.10. The van der Waals surface area contributed by atoms with Gasteiger partial charge in [-0.1, -0.05) is 17.7 Å². The number of hydrogen-bond donors (Lipinski definition) is 1. The van der Waals surface area contributed by atoms with E-state index in [9.17, 15) is 4.79 Å². The number of benzene rings is 1. The van der Waals surface area contributed by atoms with Crippen LogP contribution >= 0.6 is 11.6 Å². The maximum absolute atomic E-state index is 10.6. The third kappa shape index (κ3) is 2.14. The lowest BCUT2D eigenvalue weighted by Crippen LogP contribution is -1.99. The van der Waals surface area contributed by atoms with Crippen molar-refractivity contribution in [2.75, 3.05) is 0 Å². The molecule has 3 nitrogen and oxygen atoms in total. The van der Waals surface area contributed by atoms with Gasteiger partial charge in [-0.05, 0) is 36.2 Å². The Morgan fingerprint density at radius 3 is 2.88 bits per heavy atom. The molecule has 0 aliphatic carbocycles. The van der Waals surface area contributed by atoms with Gasteiger partial charge in [0.1, 0.15) is 5.15 Å². The van der Waals surface area contributed by atoms with Crippen LogP contribution in [-0.2, 0) is 11.2 Å². The molecule has 0 aliphatic rings. The Kier molecular flexibility index (Phi) is 2.79. The van der Waals surface area contributed by atoms with Crippen LogP contribution in [0.5, 0.6) is 0 Å². The van der Waals surface area contributed by atoms with Gasteiger partial charge in [0.15, 0.2) is 0 Å². The summed E-state index contributed by atoms with van der Waals surface area (Å²) in [5, 5.41) is 10.1. The van der Waals surface area contributed by atoms with Crippen molar-refractivity contribution >= 4 is 28.5 Å². The third-order valence-electron chi connectivity index (χ3n) is 2.36. The van der Waals surface area contributed by atoms with Crippen LogP contribution in [0.25, 0.3) is 10.9 Å². The number of carbonyl (C=O) groups is 1. The van der Waals surface area contributed by atoms with Gasteiger partial charge in [0, 0.05) is 5.39 Å². The number of aryl methyl sites for hydroxylation is 1. The number of aliphatic carboxylic acids is 1. The average Bonchev–Trinajstić information content (AvgIpc) is 2.19. The molecule has 0 radical (unpaired) electrons. The highest BCUT2D eigenvalue weighted by atomic mass is 35.5. The number of fused-ring (bicyclic) bond motifs is 1. The number of hydrogen-bond acceptors (Lipinski definition) is 2. The Balaban J connectivity index is 2.53. The van der Waals surface area contributed by atoms with E-state index in [1.807, 2.05) is 19.1 Å². The van der Waals surface area contributed by atoms with Crippen LogP contribution in [0.1, 0.15) is 11.1 Å². The number of rotatable bonds is 2. The second-order valence-electron chi connectivity index (χ2n) is 3.69. The first-order valence-electron chi connectivity index (χ1n) is 4.84. The number of nitrogens with zero attached hydrogens (tertiary/aromatic N) is 1. The molecule has 1 heterocycles. The lowest BCUT2D eigenvalue weighted by molar-refractivity contribution is -0.136. The number of pyridine rings is 1. The van der Waals surface area contributed by atoms with Crippen LogP contribution in [0, 0.1) is 6.92 Å². The first kappa shape index (κ1) is 10.9. The molecule has 0 unspecified atom stereocenters. The molecule has 0 spiro atoms. The minimum absolute atomic E-state index is 0.0254. The monoisotopic (exact) mass is 235 g/mol. The fraction of sp³-hybridized carbons (Fsp3) is 0.167. The summed E-state index contributed by atoms with van der Waals surface area (Å²) in [6.45, 7) is 1.87. The number of halogens is 1. The van der Waals surface area contributed by atoms with Gasteiger partial charge in [0.2, 0.25) is 0 Å². The summed E-state index contributed by atoms with van der Waals surface area (Å²) < 4.78 is 0. The highest BCUT2D eigenvalue weighted by Crippen LogP contribution is 2.21. The first-order valence-corrected chi connectivity index (χ1v) is 5.21. The zero-order chi connectivity index (χ0) is 11.7. The molecule has 82 valence electrons. The van der Waals surface area contributed by atoms with Gasteiger partial charge in [0.05, 0.1) is 11.9 Å². The Morgan fingerprint density at radius 1 is 1.44 bits per heavy atom. The summed E-state index contributed by atoms with van der Waals surface area (Å²) in [6, 6.07) is 7.30. The van der Waals surface area contributed by atoms with Gasteiger partial charge in [-0.15, -0.1) is 0 Å². The zero-order valence-corrected chi connectivity index (χ0v) is 9.45. The van der Waals surface area contributed by atoms with Crippen molar-refractivity contribution in [3.05, 3.63) is 40.5 Å². The highest BCUT2D eigenvalue weighted by molar-refractivity contribution is 6.30. The standard InChI is InChI=1S/C12H10ClNO2/c1-7-4-9-5-8(6-11(15)16)2-3-10(9)14-12(7)13/h2-5H,6H2,1H3,(H,15,16). The lowest BCUT2D eigenvalue weighted by atomic mass is 10.1. The quantitative estimate of drug-likeness (QED) is 0.815. The van der Waals surface area contributed by atoms with Crippen LogP contribution in [0.3, 0.4) is 0 Å². The van der Waals surface area contributed by atoms with E-state index in [2.05, 4.69) is 4.98 Å². The summed E-state index contributed by atoms with van der Waals surface area (Å²) in [5.41, 5.74) is 2.44. The van der Waals surface area contributed by atoms with Crippen molar-refractivity contribution in [3.8, 4) is 0 Å². The Morgan fingerprint density at radius 2 is 2.19 bits per heavy atom. The molecule has 0 amide bonds. The minimum atomic E-state index is -0.835. The molecule has 1 N–H and O–H groups in total. The minimum Gasteiger partial charge on any atom is -0.481 e. The fourth-order valence-electron chi connectivity index (χ4n) is 1.59. The van der Waals surface area contributed by atoms with Gasteiger partial charge in [-0.25, -0.2) is 4.98 Å². The molecule has 0 bridgehead atoms. The summed E-state index contributed by atoms with van der Waals surface area (Å²) in [5.74, 6) is -0.835. The fourth-order valence-corrected chi connectivity index (χ4v) is 1.74. The molecule has 2 aromatic rings. The molecule has 16 heavy (non-hydrogen) atoms. The molecule has 0 aliphatic heterocycles. The molecule has 0 fully saturated rings. The predicted molar refractivity (Wildman–Crippen MR) is 62.8 cm³/mol. The molecule has 0 saturated heterocycles. The van der Waals surface area contributed by atoms with Crippen molar-refractivity contribution < 1.29 is 9.90 Å². The smallest absolute Gasteiger partial charge is 0.307 e. The SMILES string of the molecule is Cc1cc2cc(CC(=O)O)ccc2nc1Cl. The Hall–Kier alpha value is -1.61. The normalized spacial score (nSPS) is 10.6. The van der Waals surface area contributed by atoms with Gasteiger partial charge in [0.25, 0.3) is 0 Å². The molecular formula is C12H10ClNO2. The van der Waals surface area contributed by atoms with Gasteiger partial charge in [-0.3, -0.25) is 4.79 Å². The maximum atomic E-state index is 10.6. The van der Waals surface area contributed by atoms with Crippen molar-refractivity contribution in [2.45, 2.75) is 13.3 Å². The van der Waals surface area contributed by atoms with Gasteiger partial charge in [-0.2, -0.15) is 0 Å². The Bertz CT molecular complexity index is 566. The zero-order valence-electron chi connectivity index (χ0n) is 8.70. The van der Waals surface area contributed by atoms with E-state index in [0.717, 1.165) is 22.0 Å². The Labute approximate surface area is 97.7 Å². The van der Waals surface area contributed by atoms with Gasteiger partial charge < -0.3 is 5.11 Å². The van der Waals surface area contributed by atoms with E-state index in [1.165, 1.54) is 0 Å². The van der Waals surface area contributed by atoms with E-state index in [-0.39, 0.29) is 6.42 Å². The van der Waals surface area contributed by atoms with E-state index in [0.29, 0.717) is 5.15 Å². The van der Waals surface area contributed by atoms with Crippen molar-refractivity contribution in [3.63, 3.8) is 0 Å².